The fourth-order valence-corrected chi connectivity index (χ4v) is 1.70. The molecule has 0 amide bonds. The lowest BCUT2D eigenvalue weighted by Gasteiger charge is -2.05. The van der Waals surface area contributed by atoms with Crippen LogP contribution in [0.2, 0.25) is 10.0 Å². The molecule has 0 unspecified atom stereocenters. The molecule has 0 aromatic heterocycles. The molecule has 0 saturated heterocycles. The lowest BCUT2D eigenvalue weighted by Crippen LogP contribution is -1.93. The quantitative estimate of drug-likeness (QED) is 0.449. The van der Waals surface area contributed by atoms with Crippen LogP contribution >= 0.6 is 23.2 Å². The van der Waals surface area contributed by atoms with E-state index in [0.29, 0.717) is 18.9 Å². The zero-order valence-electron chi connectivity index (χ0n) is 12.6. The van der Waals surface area contributed by atoms with Gasteiger partial charge in [0.05, 0.1) is 18.9 Å². The maximum atomic E-state index is 7.73. The Morgan fingerprint density at radius 3 is 1.45 bits per heavy atom. The van der Waals surface area contributed by atoms with Gasteiger partial charge in [-0.1, -0.05) is 52.6 Å². The van der Waals surface area contributed by atoms with Crippen LogP contribution in [0.3, 0.4) is 0 Å². The molecule has 5 heteroatoms. The summed E-state index contributed by atoms with van der Waals surface area (Å²) in [6.45, 7) is 4.61. The maximum Gasteiger partial charge on any atom is 0.0721 e. The Morgan fingerprint density at radius 2 is 1.18 bits per heavy atom. The van der Waals surface area contributed by atoms with Gasteiger partial charge in [0.2, 0.25) is 0 Å². The number of benzene rings is 2. The fourth-order valence-electron chi connectivity index (χ4n) is 1.45. The largest absolute Gasteiger partial charge is 0.411 e. The van der Waals surface area contributed by atoms with Gasteiger partial charge < -0.3 is 9.94 Å². The van der Waals surface area contributed by atoms with Crippen LogP contribution in [0.25, 0.3) is 0 Å². The first-order valence-corrected chi connectivity index (χ1v) is 7.48. The number of rotatable bonds is 4. The lowest BCUT2D eigenvalue weighted by molar-refractivity contribution is 0.107. The molecule has 0 atom stereocenters. The second-order valence-electron chi connectivity index (χ2n) is 4.79. The molecule has 0 aliphatic heterocycles. The van der Waals surface area contributed by atoms with Gasteiger partial charge in [-0.25, -0.2) is 0 Å². The molecule has 0 radical (unpaired) electrons. The Hall–Kier alpha value is -1.55. The maximum absolute atomic E-state index is 7.73. The SMILES string of the molecule is CC(C)=NO.Clc1ccc(COCc2ccc(Cl)cc2)cc1. The Bertz CT molecular complexity index is 531. The van der Waals surface area contributed by atoms with Crippen molar-refractivity contribution in [2.75, 3.05) is 0 Å². The van der Waals surface area contributed by atoms with E-state index in [9.17, 15) is 0 Å². The first-order valence-electron chi connectivity index (χ1n) is 6.73. The van der Waals surface area contributed by atoms with Crippen molar-refractivity contribution in [1.82, 2.24) is 0 Å². The van der Waals surface area contributed by atoms with Gasteiger partial charge in [0.25, 0.3) is 0 Å². The third-order valence-corrected chi connectivity index (χ3v) is 3.07. The van der Waals surface area contributed by atoms with Crippen LogP contribution in [-0.4, -0.2) is 10.9 Å². The van der Waals surface area contributed by atoms with Crippen LogP contribution in [0.15, 0.2) is 53.7 Å². The first-order chi connectivity index (χ1) is 10.5. The third-order valence-electron chi connectivity index (χ3n) is 2.56. The van der Waals surface area contributed by atoms with Gasteiger partial charge in [-0.2, -0.15) is 0 Å². The lowest BCUT2D eigenvalue weighted by atomic mass is 10.2. The number of ether oxygens (including phenoxy) is 1. The van der Waals surface area contributed by atoms with Gasteiger partial charge in [0.1, 0.15) is 0 Å². The molecular weight excluding hydrogens is 321 g/mol. The van der Waals surface area contributed by atoms with Crippen molar-refractivity contribution in [3.63, 3.8) is 0 Å². The summed E-state index contributed by atoms with van der Waals surface area (Å²) in [5.74, 6) is 0. The topological polar surface area (TPSA) is 41.8 Å². The van der Waals surface area contributed by atoms with E-state index in [0.717, 1.165) is 21.2 Å². The highest BCUT2D eigenvalue weighted by atomic mass is 35.5. The van der Waals surface area contributed by atoms with E-state index in [1.807, 2.05) is 48.5 Å². The zero-order valence-corrected chi connectivity index (χ0v) is 14.1. The highest BCUT2D eigenvalue weighted by molar-refractivity contribution is 6.30. The zero-order chi connectivity index (χ0) is 16.4. The van der Waals surface area contributed by atoms with E-state index in [4.69, 9.17) is 33.1 Å². The second kappa shape index (κ2) is 10.2. The molecule has 2 aromatic carbocycles. The van der Waals surface area contributed by atoms with Crippen LogP contribution in [0.1, 0.15) is 25.0 Å². The monoisotopic (exact) mass is 339 g/mol. The molecule has 0 bridgehead atoms. The highest BCUT2D eigenvalue weighted by Crippen LogP contribution is 2.13. The normalized spacial score (nSPS) is 9.64. The Morgan fingerprint density at radius 1 is 0.864 bits per heavy atom. The number of halogens is 2. The Labute approximate surface area is 141 Å². The minimum absolute atomic E-state index is 0.583. The molecule has 2 rings (SSSR count). The second-order valence-corrected chi connectivity index (χ2v) is 5.67. The highest BCUT2D eigenvalue weighted by Gasteiger charge is 1.96. The predicted molar refractivity (Wildman–Crippen MR) is 92.0 cm³/mol. The molecular formula is C17H19Cl2NO2. The molecule has 0 aliphatic carbocycles. The van der Waals surface area contributed by atoms with Crippen LogP contribution < -0.4 is 0 Å². The molecule has 118 valence electrons. The van der Waals surface area contributed by atoms with Crippen molar-refractivity contribution in [3.05, 3.63) is 69.7 Å². The van der Waals surface area contributed by atoms with E-state index >= 15 is 0 Å². The summed E-state index contributed by atoms with van der Waals surface area (Å²) in [5.41, 5.74) is 2.91. The summed E-state index contributed by atoms with van der Waals surface area (Å²) < 4.78 is 5.60. The summed E-state index contributed by atoms with van der Waals surface area (Å²) in [7, 11) is 0. The molecule has 1 N–H and O–H groups in total. The van der Waals surface area contributed by atoms with Crippen molar-refractivity contribution < 1.29 is 9.94 Å². The molecule has 0 heterocycles. The summed E-state index contributed by atoms with van der Waals surface area (Å²) in [6, 6.07) is 15.3. The van der Waals surface area contributed by atoms with Crippen molar-refractivity contribution >= 4 is 28.9 Å². The fraction of sp³-hybridized carbons (Fsp3) is 0.235. The van der Waals surface area contributed by atoms with E-state index in [-0.39, 0.29) is 0 Å². The molecule has 22 heavy (non-hydrogen) atoms. The standard InChI is InChI=1S/C14H12Cl2O.C3H7NO/c15-13-5-1-11(2-6-13)9-17-10-12-3-7-14(16)8-4-12;1-3(2)4-5/h1-8H,9-10H2;5H,1-2H3. The van der Waals surface area contributed by atoms with Crippen molar-refractivity contribution in [3.8, 4) is 0 Å². The van der Waals surface area contributed by atoms with Crippen LogP contribution in [-0.2, 0) is 18.0 Å². The van der Waals surface area contributed by atoms with E-state index in [2.05, 4.69) is 5.16 Å². The van der Waals surface area contributed by atoms with E-state index < -0.39 is 0 Å². The third kappa shape index (κ3) is 8.03. The molecule has 0 saturated carbocycles. The van der Waals surface area contributed by atoms with Gasteiger partial charge in [-0.3, -0.25) is 0 Å². The van der Waals surface area contributed by atoms with Gasteiger partial charge in [0.15, 0.2) is 0 Å². The van der Waals surface area contributed by atoms with Crippen molar-refractivity contribution in [1.29, 1.82) is 0 Å². The smallest absolute Gasteiger partial charge is 0.0721 e. The molecule has 3 nitrogen and oxygen atoms in total. The summed E-state index contributed by atoms with van der Waals surface area (Å²) in [6.07, 6.45) is 0. The molecule has 0 spiro atoms. The number of nitrogens with zero attached hydrogens (tertiary/aromatic N) is 1. The molecule has 2 aromatic rings. The Kier molecular flexibility index (Phi) is 8.60. The number of hydrogen-bond acceptors (Lipinski definition) is 3. The van der Waals surface area contributed by atoms with E-state index in [1.54, 1.807) is 13.8 Å². The van der Waals surface area contributed by atoms with Gasteiger partial charge in [-0.05, 0) is 49.2 Å². The molecule has 0 aliphatic rings. The van der Waals surface area contributed by atoms with E-state index in [1.165, 1.54) is 0 Å². The van der Waals surface area contributed by atoms with Crippen molar-refractivity contribution in [2.24, 2.45) is 5.16 Å². The number of oxime groups is 1. The minimum atomic E-state index is 0.583. The van der Waals surface area contributed by atoms with Gasteiger partial charge in [-0.15, -0.1) is 0 Å². The predicted octanol–water partition coefficient (Wildman–Crippen LogP) is 5.57. The summed E-state index contributed by atoms with van der Waals surface area (Å²) >= 11 is 11.6. The summed E-state index contributed by atoms with van der Waals surface area (Å²) in [5, 5.41) is 12.0. The minimum Gasteiger partial charge on any atom is -0.411 e. The Balaban J connectivity index is 0.000000422. The molecule has 0 fully saturated rings. The van der Waals surface area contributed by atoms with Gasteiger partial charge >= 0.3 is 0 Å². The number of hydrogen-bond donors (Lipinski definition) is 1. The average Bonchev–Trinajstić information content (AvgIpc) is 2.52. The van der Waals surface area contributed by atoms with Crippen LogP contribution in [0.5, 0.6) is 0 Å². The van der Waals surface area contributed by atoms with Crippen LogP contribution in [0, 0.1) is 0 Å². The average molecular weight is 340 g/mol. The van der Waals surface area contributed by atoms with Crippen molar-refractivity contribution in [2.45, 2.75) is 27.1 Å². The first kappa shape index (κ1) is 18.5. The van der Waals surface area contributed by atoms with Crippen LogP contribution in [0.4, 0.5) is 0 Å². The van der Waals surface area contributed by atoms with Gasteiger partial charge in [0, 0.05) is 10.0 Å². The summed E-state index contributed by atoms with van der Waals surface area (Å²) in [4.78, 5) is 0.